The number of H-pyrrole nitrogens is 1. The SMILES string of the molecule is Cc1cccc(-n2ncc3c(=O)[nH]c(SCC(=O)Nc4cccc(C)c4C)nc32)c1. The molecule has 8 heteroatoms. The van der Waals surface area contributed by atoms with Crippen LogP contribution in [0.1, 0.15) is 16.7 Å². The molecule has 0 unspecified atom stereocenters. The Morgan fingerprint density at radius 2 is 1.97 bits per heavy atom. The van der Waals surface area contributed by atoms with Crippen molar-refractivity contribution in [1.82, 2.24) is 19.7 Å². The zero-order valence-electron chi connectivity index (χ0n) is 16.9. The molecule has 2 heterocycles. The molecular formula is C22H21N5O2S. The molecule has 0 aliphatic heterocycles. The summed E-state index contributed by atoms with van der Waals surface area (Å²) in [5.74, 6) is -0.0379. The Kier molecular flexibility index (Phi) is 5.41. The van der Waals surface area contributed by atoms with Crippen LogP contribution in [-0.2, 0) is 4.79 Å². The molecule has 7 nitrogen and oxygen atoms in total. The molecule has 1 amide bonds. The summed E-state index contributed by atoms with van der Waals surface area (Å²) in [6.07, 6.45) is 1.51. The lowest BCUT2D eigenvalue weighted by Crippen LogP contribution is -2.16. The minimum Gasteiger partial charge on any atom is -0.325 e. The van der Waals surface area contributed by atoms with Crippen molar-refractivity contribution in [3.05, 3.63) is 75.7 Å². The van der Waals surface area contributed by atoms with Crippen LogP contribution in [-0.4, -0.2) is 31.4 Å². The molecule has 0 atom stereocenters. The second-order valence-corrected chi connectivity index (χ2v) is 8.05. The molecule has 0 aliphatic carbocycles. The number of fused-ring (bicyclic) bond motifs is 1. The molecule has 0 bridgehead atoms. The van der Waals surface area contributed by atoms with Crippen molar-refractivity contribution in [3.8, 4) is 5.69 Å². The number of amides is 1. The Morgan fingerprint density at radius 3 is 2.77 bits per heavy atom. The number of carbonyl (C=O) groups excluding carboxylic acids is 1. The maximum absolute atomic E-state index is 12.5. The zero-order valence-corrected chi connectivity index (χ0v) is 17.7. The minimum absolute atomic E-state index is 0.125. The number of aromatic nitrogens is 4. The topological polar surface area (TPSA) is 92.7 Å². The predicted octanol–water partition coefficient (Wildman–Crippen LogP) is 3.76. The van der Waals surface area contributed by atoms with Crippen molar-refractivity contribution in [2.45, 2.75) is 25.9 Å². The highest BCUT2D eigenvalue weighted by atomic mass is 32.2. The summed E-state index contributed by atoms with van der Waals surface area (Å²) < 4.78 is 1.64. The van der Waals surface area contributed by atoms with Crippen molar-refractivity contribution < 1.29 is 4.79 Å². The molecule has 0 radical (unpaired) electrons. The molecule has 0 saturated carbocycles. The number of nitrogens with zero attached hydrogens (tertiary/aromatic N) is 3. The van der Waals surface area contributed by atoms with Gasteiger partial charge in [0, 0.05) is 5.69 Å². The van der Waals surface area contributed by atoms with Gasteiger partial charge in [0.2, 0.25) is 5.91 Å². The highest BCUT2D eigenvalue weighted by Gasteiger charge is 2.13. The van der Waals surface area contributed by atoms with E-state index in [1.165, 1.54) is 18.0 Å². The number of aryl methyl sites for hydroxylation is 2. The third-order valence-corrected chi connectivity index (χ3v) is 5.75. The lowest BCUT2D eigenvalue weighted by atomic mass is 10.1. The molecule has 30 heavy (non-hydrogen) atoms. The smallest absolute Gasteiger partial charge is 0.262 e. The minimum atomic E-state index is -0.281. The standard InChI is InChI=1S/C22H21N5O2S/c1-13-6-4-8-16(10-13)27-20-17(11-23-27)21(29)26-22(25-20)30-12-19(28)24-18-9-5-7-14(2)15(18)3/h4-11H,12H2,1-3H3,(H,24,28)(H,25,26,29). The van der Waals surface area contributed by atoms with Crippen LogP contribution in [0.5, 0.6) is 0 Å². The van der Waals surface area contributed by atoms with E-state index >= 15 is 0 Å². The number of anilines is 1. The van der Waals surface area contributed by atoms with E-state index in [9.17, 15) is 9.59 Å². The Labute approximate surface area is 177 Å². The summed E-state index contributed by atoms with van der Waals surface area (Å²) in [5, 5.41) is 8.01. The molecule has 4 aromatic rings. The number of carbonyl (C=O) groups is 1. The molecule has 152 valence electrons. The molecular weight excluding hydrogens is 398 g/mol. The third-order valence-electron chi connectivity index (χ3n) is 4.88. The predicted molar refractivity (Wildman–Crippen MR) is 119 cm³/mol. The average molecular weight is 420 g/mol. The first-order chi connectivity index (χ1) is 14.4. The molecule has 0 spiro atoms. The Morgan fingerprint density at radius 1 is 1.17 bits per heavy atom. The maximum Gasteiger partial charge on any atom is 0.262 e. The Balaban J connectivity index is 1.56. The van der Waals surface area contributed by atoms with E-state index in [4.69, 9.17) is 0 Å². The van der Waals surface area contributed by atoms with Gasteiger partial charge >= 0.3 is 0 Å². The van der Waals surface area contributed by atoms with Gasteiger partial charge in [0.15, 0.2) is 10.8 Å². The van der Waals surface area contributed by atoms with Crippen molar-refractivity contribution in [2.24, 2.45) is 0 Å². The van der Waals surface area contributed by atoms with Crippen LogP contribution in [0.15, 0.2) is 58.6 Å². The van der Waals surface area contributed by atoms with E-state index in [2.05, 4.69) is 20.4 Å². The Hall–Kier alpha value is -3.39. The second-order valence-electron chi connectivity index (χ2n) is 7.09. The van der Waals surface area contributed by atoms with E-state index in [0.29, 0.717) is 16.2 Å². The van der Waals surface area contributed by atoms with Crippen molar-refractivity contribution in [1.29, 1.82) is 0 Å². The Bertz CT molecular complexity index is 1310. The van der Waals surface area contributed by atoms with Crippen LogP contribution in [0, 0.1) is 20.8 Å². The van der Waals surface area contributed by atoms with Crippen LogP contribution in [0.4, 0.5) is 5.69 Å². The fourth-order valence-corrected chi connectivity index (χ4v) is 3.78. The normalized spacial score (nSPS) is 11.0. The van der Waals surface area contributed by atoms with Crippen LogP contribution in [0.25, 0.3) is 16.7 Å². The molecule has 4 rings (SSSR count). The van der Waals surface area contributed by atoms with Gasteiger partial charge in [0.1, 0.15) is 5.39 Å². The van der Waals surface area contributed by atoms with Gasteiger partial charge in [0.05, 0.1) is 17.6 Å². The quantitative estimate of drug-likeness (QED) is 0.379. The molecule has 0 fully saturated rings. The van der Waals surface area contributed by atoms with Gasteiger partial charge in [0.25, 0.3) is 5.56 Å². The van der Waals surface area contributed by atoms with Crippen LogP contribution < -0.4 is 10.9 Å². The number of hydrogen-bond acceptors (Lipinski definition) is 5. The van der Waals surface area contributed by atoms with E-state index in [1.807, 2.05) is 63.2 Å². The fraction of sp³-hybridized carbons (Fsp3) is 0.182. The van der Waals surface area contributed by atoms with Gasteiger partial charge in [-0.3, -0.25) is 9.59 Å². The van der Waals surface area contributed by atoms with E-state index < -0.39 is 0 Å². The maximum atomic E-state index is 12.5. The van der Waals surface area contributed by atoms with Gasteiger partial charge in [-0.1, -0.05) is 36.0 Å². The van der Waals surface area contributed by atoms with Crippen molar-refractivity contribution >= 4 is 34.4 Å². The van der Waals surface area contributed by atoms with Crippen LogP contribution in [0.2, 0.25) is 0 Å². The number of hydrogen-bond donors (Lipinski definition) is 2. The first-order valence-corrected chi connectivity index (χ1v) is 10.4. The summed E-state index contributed by atoms with van der Waals surface area (Å²) in [4.78, 5) is 32.1. The molecule has 2 N–H and O–H groups in total. The number of benzene rings is 2. The second kappa shape index (κ2) is 8.16. The van der Waals surface area contributed by atoms with Crippen LogP contribution in [0.3, 0.4) is 0 Å². The van der Waals surface area contributed by atoms with Gasteiger partial charge in [-0.25, -0.2) is 9.67 Å². The third kappa shape index (κ3) is 3.99. The van der Waals surface area contributed by atoms with Gasteiger partial charge in [-0.05, 0) is 55.7 Å². The molecule has 2 aromatic heterocycles. The summed E-state index contributed by atoms with van der Waals surface area (Å²) in [6.45, 7) is 5.96. The molecule has 2 aromatic carbocycles. The van der Waals surface area contributed by atoms with Crippen molar-refractivity contribution in [2.75, 3.05) is 11.1 Å². The number of rotatable bonds is 5. The molecule has 0 saturated heterocycles. The average Bonchev–Trinajstić information content (AvgIpc) is 3.14. The van der Waals surface area contributed by atoms with E-state index in [0.717, 1.165) is 28.1 Å². The van der Waals surface area contributed by atoms with E-state index in [1.54, 1.807) is 4.68 Å². The first-order valence-electron chi connectivity index (χ1n) is 9.46. The fourth-order valence-electron chi connectivity index (χ4n) is 3.12. The number of thioether (sulfide) groups is 1. The van der Waals surface area contributed by atoms with Crippen molar-refractivity contribution in [3.63, 3.8) is 0 Å². The highest BCUT2D eigenvalue weighted by molar-refractivity contribution is 7.99. The van der Waals surface area contributed by atoms with E-state index in [-0.39, 0.29) is 17.2 Å². The zero-order chi connectivity index (χ0) is 21.3. The number of nitrogens with one attached hydrogen (secondary N) is 2. The highest BCUT2D eigenvalue weighted by Crippen LogP contribution is 2.21. The van der Waals surface area contributed by atoms with Crippen LogP contribution >= 0.6 is 11.8 Å². The monoisotopic (exact) mass is 419 g/mol. The lowest BCUT2D eigenvalue weighted by molar-refractivity contribution is -0.113. The summed E-state index contributed by atoms with van der Waals surface area (Å²) >= 11 is 1.18. The number of aromatic amines is 1. The lowest BCUT2D eigenvalue weighted by Gasteiger charge is -2.10. The van der Waals surface area contributed by atoms with Gasteiger partial charge < -0.3 is 10.3 Å². The largest absolute Gasteiger partial charge is 0.325 e. The van der Waals surface area contributed by atoms with Gasteiger partial charge in [-0.2, -0.15) is 5.10 Å². The van der Waals surface area contributed by atoms with Gasteiger partial charge in [-0.15, -0.1) is 0 Å². The summed E-state index contributed by atoms with van der Waals surface area (Å²) in [5.41, 5.74) is 5.02. The first kappa shape index (κ1) is 19.9. The summed E-state index contributed by atoms with van der Waals surface area (Å²) in [6, 6.07) is 13.6. The molecule has 0 aliphatic rings. The summed E-state index contributed by atoms with van der Waals surface area (Å²) in [7, 11) is 0.